The fourth-order valence-corrected chi connectivity index (χ4v) is 3.05. The molecule has 5 nitrogen and oxygen atoms in total. The average Bonchev–Trinajstić information content (AvgIpc) is 2.73. The molecule has 0 spiro atoms. The van der Waals surface area contributed by atoms with Gasteiger partial charge in [0, 0.05) is 18.0 Å². The van der Waals surface area contributed by atoms with Crippen molar-refractivity contribution in [3.63, 3.8) is 0 Å². The van der Waals surface area contributed by atoms with Crippen LogP contribution in [-0.4, -0.2) is 17.5 Å². The van der Waals surface area contributed by atoms with Crippen molar-refractivity contribution < 1.29 is 14.3 Å². The largest absolute Gasteiger partial charge is 0.492 e. The van der Waals surface area contributed by atoms with Crippen LogP contribution in [0.5, 0.6) is 11.5 Å². The number of carbonyl (C=O) groups is 1. The molecule has 1 amide bonds. The van der Waals surface area contributed by atoms with Crippen molar-refractivity contribution in [1.82, 2.24) is 4.98 Å². The van der Waals surface area contributed by atoms with Gasteiger partial charge < -0.3 is 14.8 Å². The molecule has 1 N–H and O–H groups in total. The number of para-hydroxylation sites is 1. The fourth-order valence-electron chi connectivity index (χ4n) is 3.05. The molecule has 4 rings (SSSR count). The second-order valence-electron chi connectivity index (χ2n) is 6.45. The molecule has 2 heterocycles. The highest BCUT2D eigenvalue weighted by atomic mass is 16.5. The Morgan fingerprint density at radius 2 is 2.00 bits per heavy atom. The first-order valence-corrected chi connectivity index (χ1v) is 8.92. The summed E-state index contributed by atoms with van der Waals surface area (Å²) in [5.74, 6) is 1.29. The fraction of sp³-hybridized carbons (Fsp3) is 0.182. The first-order valence-electron chi connectivity index (χ1n) is 8.92. The molecule has 1 aliphatic heterocycles. The smallest absolute Gasteiger partial charge is 0.231 e. The van der Waals surface area contributed by atoms with Crippen molar-refractivity contribution >= 4 is 11.6 Å². The van der Waals surface area contributed by atoms with Crippen LogP contribution >= 0.6 is 0 Å². The van der Waals surface area contributed by atoms with Gasteiger partial charge in [-0.05, 0) is 42.3 Å². The molecule has 2 aromatic carbocycles. The number of nitrogens with zero attached hydrogens (tertiary/aromatic N) is 1. The highest BCUT2D eigenvalue weighted by molar-refractivity contribution is 5.93. The average molecular weight is 360 g/mol. The monoisotopic (exact) mass is 360 g/mol. The third-order valence-corrected chi connectivity index (χ3v) is 4.46. The van der Waals surface area contributed by atoms with Gasteiger partial charge in [0.25, 0.3) is 0 Å². The summed E-state index contributed by atoms with van der Waals surface area (Å²) in [6.45, 7) is 0.768. The molecule has 0 aliphatic carbocycles. The van der Waals surface area contributed by atoms with Gasteiger partial charge in [-0.1, -0.05) is 30.3 Å². The van der Waals surface area contributed by atoms with Crippen molar-refractivity contribution in [3.05, 3.63) is 84.2 Å². The molecular formula is C22H20N2O3. The van der Waals surface area contributed by atoms with Gasteiger partial charge in [-0.15, -0.1) is 0 Å². The lowest BCUT2D eigenvalue weighted by Crippen LogP contribution is -2.32. The van der Waals surface area contributed by atoms with Crippen molar-refractivity contribution in [1.29, 1.82) is 0 Å². The minimum Gasteiger partial charge on any atom is -0.492 e. The maximum absolute atomic E-state index is 12.6. The molecule has 27 heavy (non-hydrogen) atoms. The van der Waals surface area contributed by atoms with Crippen LogP contribution in [0.1, 0.15) is 11.3 Å². The maximum Gasteiger partial charge on any atom is 0.231 e. The number of ether oxygens (including phenoxy) is 2. The molecule has 0 fully saturated rings. The van der Waals surface area contributed by atoms with E-state index in [1.165, 1.54) is 0 Å². The standard InChI is InChI=1S/C22H20N2O3/c25-22(17-12-16-6-1-2-10-21(16)27-14-17)24-18-8-5-9-20(13-18)26-15-19-7-3-4-11-23-19/h1-11,13,17H,12,14-15H2,(H,24,25). The van der Waals surface area contributed by atoms with E-state index in [0.29, 0.717) is 31.1 Å². The van der Waals surface area contributed by atoms with Crippen molar-refractivity contribution in [2.75, 3.05) is 11.9 Å². The van der Waals surface area contributed by atoms with E-state index in [1.807, 2.05) is 66.7 Å². The quantitative estimate of drug-likeness (QED) is 0.751. The van der Waals surface area contributed by atoms with E-state index < -0.39 is 0 Å². The van der Waals surface area contributed by atoms with Crippen LogP contribution in [0.15, 0.2) is 72.9 Å². The molecule has 5 heteroatoms. The van der Waals surface area contributed by atoms with Gasteiger partial charge >= 0.3 is 0 Å². The van der Waals surface area contributed by atoms with E-state index in [4.69, 9.17) is 9.47 Å². The van der Waals surface area contributed by atoms with E-state index in [0.717, 1.165) is 17.0 Å². The SMILES string of the molecule is O=C(Nc1cccc(OCc2ccccn2)c1)C1COc2ccccc2C1. The van der Waals surface area contributed by atoms with E-state index >= 15 is 0 Å². The number of carbonyl (C=O) groups excluding carboxylic acids is 1. The summed E-state index contributed by atoms with van der Waals surface area (Å²) in [4.78, 5) is 16.9. The zero-order chi connectivity index (χ0) is 18.5. The number of amides is 1. The number of rotatable bonds is 5. The topological polar surface area (TPSA) is 60.5 Å². The lowest BCUT2D eigenvalue weighted by atomic mass is 9.96. The third-order valence-electron chi connectivity index (χ3n) is 4.46. The molecule has 0 radical (unpaired) electrons. The Labute approximate surface area is 158 Å². The van der Waals surface area contributed by atoms with E-state index in [-0.39, 0.29) is 11.8 Å². The van der Waals surface area contributed by atoms with E-state index in [9.17, 15) is 4.79 Å². The van der Waals surface area contributed by atoms with E-state index in [2.05, 4.69) is 10.3 Å². The van der Waals surface area contributed by atoms with E-state index in [1.54, 1.807) is 6.20 Å². The molecule has 1 aromatic heterocycles. The summed E-state index contributed by atoms with van der Waals surface area (Å²) in [6, 6.07) is 20.9. The molecule has 1 unspecified atom stereocenters. The van der Waals surface area contributed by atoms with Crippen LogP contribution in [0.2, 0.25) is 0 Å². The van der Waals surface area contributed by atoms with Crippen LogP contribution in [0.3, 0.4) is 0 Å². The maximum atomic E-state index is 12.6. The first kappa shape index (κ1) is 17.1. The highest BCUT2D eigenvalue weighted by Crippen LogP contribution is 2.28. The summed E-state index contributed by atoms with van der Waals surface area (Å²) in [5, 5.41) is 2.97. The normalized spacial score (nSPS) is 15.3. The summed E-state index contributed by atoms with van der Waals surface area (Å²) < 4.78 is 11.5. The summed E-state index contributed by atoms with van der Waals surface area (Å²) in [7, 11) is 0. The Hall–Kier alpha value is -3.34. The van der Waals surface area contributed by atoms with Gasteiger partial charge in [0.15, 0.2) is 0 Å². The van der Waals surface area contributed by atoms with Crippen molar-refractivity contribution in [2.45, 2.75) is 13.0 Å². The number of aromatic nitrogens is 1. The van der Waals surface area contributed by atoms with Gasteiger partial charge in [0.2, 0.25) is 5.91 Å². The second kappa shape index (κ2) is 7.91. The number of nitrogens with one attached hydrogen (secondary N) is 1. The minimum absolute atomic E-state index is 0.0496. The van der Waals surface area contributed by atoms with Crippen LogP contribution in [0.4, 0.5) is 5.69 Å². The molecule has 1 atom stereocenters. The van der Waals surface area contributed by atoms with Gasteiger partial charge in [-0.3, -0.25) is 9.78 Å². The molecular weight excluding hydrogens is 340 g/mol. The first-order chi connectivity index (χ1) is 13.3. The number of fused-ring (bicyclic) bond motifs is 1. The molecule has 3 aromatic rings. The molecule has 0 saturated carbocycles. The van der Waals surface area contributed by atoms with Crippen LogP contribution in [-0.2, 0) is 17.8 Å². The zero-order valence-corrected chi connectivity index (χ0v) is 14.8. The Balaban J connectivity index is 1.37. The molecule has 1 aliphatic rings. The van der Waals surface area contributed by atoms with Crippen LogP contribution < -0.4 is 14.8 Å². The Morgan fingerprint density at radius 1 is 1.11 bits per heavy atom. The number of pyridine rings is 1. The summed E-state index contributed by atoms with van der Waals surface area (Å²) in [6.07, 6.45) is 2.41. The van der Waals surface area contributed by atoms with Gasteiger partial charge in [-0.25, -0.2) is 0 Å². The summed E-state index contributed by atoms with van der Waals surface area (Å²) in [5.41, 5.74) is 2.62. The zero-order valence-electron chi connectivity index (χ0n) is 14.8. The molecule has 136 valence electrons. The third kappa shape index (κ3) is 4.26. The second-order valence-corrected chi connectivity index (χ2v) is 6.45. The number of hydrogen-bond donors (Lipinski definition) is 1. The Morgan fingerprint density at radius 3 is 2.89 bits per heavy atom. The Bertz CT molecular complexity index is 928. The van der Waals surface area contributed by atoms with Gasteiger partial charge in [0.1, 0.15) is 24.7 Å². The highest BCUT2D eigenvalue weighted by Gasteiger charge is 2.25. The van der Waals surface area contributed by atoms with Crippen LogP contribution in [0.25, 0.3) is 0 Å². The number of benzene rings is 2. The number of hydrogen-bond acceptors (Lipinski definition) is 4. The predicted molar refractivity (Wildman–Crippen MR) is 103 cm³/mol. The predicted octanol–water partition coefficient (Wildman–Crippen LogP) is 3.85. The molecule has 0 bridgehead atoms. The number of anilines is 1. The lowest BCUT2D eigenvalue weighted by molar-refractivity contribution is -0.121. The molecule has 0 saturated heterocycles. The van der Waals surface area contributed by atoms with Crippen molar-refractivity contribution in [3.8, 4) is 11.5 Å². The van der Waals surface area contributed by atoms with Gasteiger partial charge in [-0.2, -0.15) is 0 Å². The van der Waals surface area contributed by atoms with Crippen molar-refractivity contribution in [2.24, 2.45) is 5.92 Å². The lowest BCUT2D eigenvalue weighted by Gasteiger charge is -2.24. The minimum atomic E-state index is -0.210. The summed E-state index contributed by atoms with van der Waals surface area (Å²) >= 11 is 0. The van der Waals surface area contributed by atoms with Gasteiger partial charge in [0.05, 0.1) is 11.6 Å². The Kier molecular flexibility index (Phi) is 5.01. The van der Waals surface area contributed by atoms with Crippen LogP contribution in [0, 0.1) is 5.92 Å².